The molecule has 3 rings (SSSR count). The molecule has 7 nitrogen and oxygen atoms in total. The molecule has 1 amide bonds. The van der Waals surface area contributed by atoms with Crippen LogP contribution in [0.1, 0.15) is 37.8 Å². The maximum Gasteiger partial charge on any atom is 0.243 e. The van der Waals surface area contributed by atoms with Crippen molar-refractivity contribution in [1.82, 2.24) is 9.21 Å². The summed E-state index contributed by atoms with van der Waals surface area (Å²) in [5.74, 6) is 1.21. The van der Waals surface area contributed by atoms with Crippen molar-refractivity contribution in [3.63, 3.8) is 0 Å². The van der Waals surface area contributed by atoms with E-state index in [0.717, 1.165) is 11.1 Å². The summed E-state index contributed by atoms with van der Waals surface area (Å²) in [6, 6.07) is 12.6. The summed E-state index contributed by atoms with van der Waals surface area (Å²) in [6.45, 7) is 8.10. The molecule has 180 valence electrons. The van der Waals surface area contributed by atoms with Gasteiger partial charge in [-0.1, -0.05) is 23.8 Å². The number of carbonyl (C=O) groups excluding carboxylic acids is 1. The first-order chi connectivity index (χ1) is 15.8. The zero-order valence-corrected chi connectivity index (χ0v) is 20.7. The van der Waals surface area contributed by atoms with Crippen LogP contribution < -0.4 is 9.47 Å². The van der Waals surface area contributed by atoms with Crippen molar-refractivity contribution in [1.29, 1.82) is 0 Å². The first kappa shape index (κ1) is 25.1. The highest BCUT2D eigenvalue weighted by Gasteiger charge is 2.33. The van der Waals surface area contributed by atoms with Crippen molar-refractivity contribution in [2.45, 2.75) is 45.1 Å². The SMILES string of the molecule is CCOc1ccc(CN(CC)C(=O)C2CCN(S(=O)(=O)c3ccc(C)cc3)CC2)cc1OC. The molecule has 1 heterocycles. The summed E-state index contributed by atoms with van der Waals surface area (Å²) in [4.78, 5) is 15.4. The fourth-order valence-electron chi connectivity index (χ4n) is 4.11. The minimum absolute atomic E-state index is 0.0673. The molecule has 0 aromatic heterocycles. The number of amides is 1. The van der Waals surface area contributed by atoms with Gasteiger partial charge in [-0.25, -0.2) is 8.42 Å². The first-order valence-electron chi connectivity index (χ1n) is 11.5. The molecule has 0 saturated carbocycles. The van der Waals surface area contributed by atoms with Gasteiger partial charge in [0.15, 0.2) is 11.5 Å². The number of benzene rings is 2. The minimum atomic E-state index is -3.54. The summed E-state index contributed by atoms with van der Waals surface area (Å²) >= 11 is 0. The van der Waals surface area contributed by atoms with Gasteiger partial charge in [0, 0.05) is 32.1 Å². The standard InChI is InChI=1S/C25H34N2O5S/c1-5-26(18-20-9-12-23(32-6-2)24(17-20)31-4)25(28)21-13-15-27(16-14-21)33(29,30)22-10-7-19(3)8-11-22/h7-12,17,21H,5-6,13-16,18H2,1-4H3. The van der Waals surface area contributed by atoms with Crippen molar-refractivity contribution in [3.8, 4) is 11.5 Å². The van der Waals surface area contributed by atoms with Crippen LogP contribution in [0.4, 0.5) is 0 Å². The van der Waals surface area contributed by atoms with Gasteiger partial charge in [0.05, 0.1) is 18.6 Å². The Morgan fingerprint density at radius 1 is 1.06 bits per heavy atom. The quantitative estimate of drug-likeness (QED) is 0.552. The molecule has 2 aromatic carbocycles. The van der Waals surface area contributed by atoms with E-state index >= 15 is 0 Å². The molecular weight excluding hydrogens is 440 g/mol. The highest BCUT2D eigenvalue weighted by atomic mass is 32.2. The van der Waals surface area contributed by atoms with Gasteiger partial charge >= 0.3 is 0 Å². The molecule has 8 heteroatoms. The Labute approximate surface area is 197 Å². The van der Waals surface area contributed by atoms with E-state index in [4.69, 9.17) is 9.47 Å². The number of aryl methyl sites for hydroxylation is 1. The summed E-state index contributed by atoms with van der Waals surface area (Å²) in [5, 5.41) is 0. The van der Waals surface area contributed by atoms with Gasteiger partial charge < -0.3 is 14.4 Å². The van der Waals surface area contributed by atoms with Crippen molar-refractivity contribution >= 4 is 15.9 Å². The molecule has 1 saturated heterocycles. The lowest BCUT2D eigenvalue weighted by molar-refractivity contribution is -0.137. The fourth-order valence-corrected chi connectivity index (χ4v) is 5.58. The molecule has 2 aromatic rings. The van der Waals surface area contributed by atoms with Crippen LogP contribution in [0.15, 0.2) is 47.4 Å². The Balaban J connectivity index is 1.63. The zero-order valence-electron chi connectivity index (χ0n) is 19.9. The molecule has 1 aliphatic heterocycles. The Kier molecular flexibility index (Phi) is 8.37. The lowest BCUT2D eigenvalue weighted by atomic mass is 9.96. The van der Waals surface area contributed by atoms with E-state index in [-0.39, 0.29) is 11.8 Å². The number of piperidine rings is 1. The van der Waals surface area contributed by atoms with E-state index < -0.39 is 10.0 Å². The average molecular weight is 475 g/mol. The third kappa shape index (κ3) is 5.86. The van der Waals surface area contributed by atoms with Crippen molar-refractivity contribution in [2.75, 3.05) is 33.4 Å². The number of rotatable bonds is 9. The van der Waals surface area contributed by atoms with Crippen molar-refractivity contribution in [2.24, 2.45) is 5.92 Å². The van der Waals surface area contributed by atoms with Crippen molar-refractivity contribution < 1.29 is 22.7 Å². The minimum Gasteiger partial charge on any atom is -0.493 e. The predicted molar refractivity (Wildman–Crippen MR) is 128 cm³/mol. The predicted octanol–water partition coefficient (Wildman–Crippen LogP) is 3.85. The molecular formula is C25H34N2O5S. The van der Waals surface area contributed by atoms with Gasteiger partial charge in [0.1, 0.15) is 0 Å². The first-order valence-corrected chi connectivity index (χ1v) is 12.9. The van der Waals surface area contributed by atoms with E-state index in [1.165, 1.54) is 4.31 Å². The number of carbonyl (C=O) groups is 1. The number of hydrogen-bond donors (Lipinski definition) is 0. The largest absolute Gasteiger partial charge is 0.493 e. The molecule has 33 heavy (non-hydrogen) atoms. The van der Waals surface area contributed by atoms with Crippen molar-refractivity contribution in [3.05, 3.63) is 53.6 Å². The van der Waals surface area contributed by atoms with Gasteiger partial charge in [0.2, 0.25) is 15.9 Å². The second-order valence-corrected chi connectivity index (χ2v) is 10.2. The number of hydrogen-bond acceptors (Lipinski definition) is 5. The van der Waals surface area contributed by atoms with E-state index in [1.807, 2.05) is 43.9 Å². The Bertz CT molecular complexity index is 1040. The van der Waals surface area contributed by atoms with E-state index in [9.17, 15) is 13.2 Å². The lowest BCUT2D eigenvalue weighted by Gasteiger charge is -2.33. The highest BCUT2D eigenvalue weighted by Crippen LogP contribution is 2.30. The molecule has 0 unspecified atom stereocenters. The summed E-state index contributed by atoms with van der Waals surface area (Å²) in [7, 11) is -1.94. The summed E-state index contributed by atoms with van der Waals surface area (Å²) < 4.78 is 38.4. The molecule has 0 aliphatic carbocycles. The van der Waals surface area contributed by atoms with E-state index in [2.05, 4.69) is 0 Å². The van der Waals surface area contributed by atoms with E-state index in [1.54, 1.807) is 31.4 Å². The van der Waals surface area contributed by atoms with Crippen LogP contribution in [0, 0.1) is 12.8 Å². The molecule has 0 atom stereocenters. The normalized spacial score (nSPS) is 15.3. The average Bonchev–Trinajstić information content (AvgIpc) is 2.83. The number of ether oxygens (including phenoxy) is 2. The third-order valence-electron chi connectivity index (χ3n) is 6.06. The fraction of sp³-hybridized carbons (Fsp3) is 0.480. The third-order valence-corrected chi connectivity index (χ3v) is 7.97. The number of nitrogens with zero attached hydrogens (tertiary/aromatic N) is 2. The molecule has 0 radical (unpaired) electrons. The number of methoxy groups -OCH3 is 1. The monoisotopic (exact) mass is 474 g/mol. The Morgan fingerprint density at radius 2 is 1.73 bits per heavy atom. The number of sulfonamides is 1. The van der Waals surface area contributed by atoms with Crippen LogP contribution in [0.5, 0.6) is 11.5 Å². The van der Waals surface area contributed by atoms with Crippen LogP contribution in [0.3, 0.4) is 0 Å². The molecule has 0 spiro atoms. The van der Waals surface area contributed by atoms with Crippen LogP contribution >= 0.6 is 0 Å². The van der Waals surface area contributed by atoms with Crippen LogP contribution in [-0.4, -0.2) is 56.9 Å². The second-order valence-electron chi connectivity index (χ2n) is 8.26. The lowest BCUT2D eigenvalue weighted by Crippen LogP contribution is -2.44. The smallest absolute Gasteiger partial charge is 0.243 e. The van der Waals surface area contributed by atoms with Crippen LogP contribution in [-0.2, 0) is 21.4 Å². The van der Waals surface area contributed by atoms with Crippen LogP contribution in [0.25, 0.3) is 0 Å². The van der Waals surface area contributed by atoms with E-state index in [0.29, 0.717) is 62.0 Å². The summed E-state index contributed by atoms with van der Waals surface area (Å²) in [6.07, 6.45) is 1.04. The van der Waals surface area contributed by atoms with Gasteiger partial charge in [0.25, 0.3) is 0 Å². The highest BCUT2D eigenvalue weighted by molar-refractivity contribution is 7.89. The summed E-state index contributed by atoms with van der Waals surface area (Å²) in [5.41, 5.74) is 1.98. The maximum absolute atomic E-state index is 13.2. The maximum atomic E-state index is 13.2. The topological polar surface area (TPSA) is 76.2 Å². The molecule has 0 bridgehead atoms. The van der Waals surface area contributed by atoms with Gasteiger partial charge in [-0.3, -0.25) is 4.79 Å². The zero-order chi connectivity index (χ0) is 24.0. The molecule has 1 fully saturated rings. The Hall–Kier alpha value is -2.58. The molecule has 1 aliphatic rings. The van der Waals surface area contributed by atoms with Crippen LogP contribution in [0.2, 0.25) is 0 Å². The molecule has 0 N–H and O–H groups in total. The van der Waals surface area contributed by atoms with Gasteiger partial charge in [-0.15, -0.1) is 0 Å². The second kappa shape index (κ2) is 11.0. The Morgan fingerprint density at radius 3 is 2.30 bits per heavy atom. The van der Waals surface area contributed by atoms with Gasteiger partial charge in [-0.2, -0.15) is 4.31 Å². The van der Waals surface area contributed by atoms with Gasteiger partial charge in [-0.05, 0) is 63.4 Å².